The maximum Gasteiger partial charge on any atom is 0.0613 e. The molecule has 0 fully saturated rings. The summed E-state index contributed by atoms with van der Waals surface area (Å²) in [6.45, 7) is 6.94. The molecule has 0 amide bonds. The highest BCUT2D eigenvalue weighted by Crippen LogP contribution is 2.29. The highest BCUT2D eigenvalue weighted by atomic mass is 16.5. The lowest BCUT2D eigenvalue weighted by Gasteiger charge is -2.12. The number of nitrogens with one attached hydrogen (secondary N) is 1. The molecule has 3 aromatic rings. The molecule has 22 heavy (non-hydrogen) atoms. The molecule has 0 bridgehead atoms. The Morgan fingerprint density at radius 2 is 1.86 bits per heavy atom. The highest BCUT2D eigenvalue weighted by molar-refractivity contribution is 6.08. The van der Waals surface area contributed by atoms with Gasteiger partial charge in [0.15, 0.2) is 0 Å². The van der Waals surface area contributed by atoms with E-state index in [1.807, 2.05) is 0 Å². The number of benzene rings is 2. The van der Waals surface area contributed by atoms with Gasteiger partial charge >= 0.3 is 0 Å². The van der Waals surface area contributed by atoms with Crippen molar-refractivity contribution in [2.45, 2.75) is 33.0 Å². The summed E-state index contributed by atoms with van der Waals surface area (Å²) in [7, 11) is 1.74. The molecule has 116 valence electrons. The van der Waals surface area contributed by atoms with Crippen LogP contribution < -0.4 is 5.32 Å². The van der Waals surface area contributed by atoms with E-state index in [4.69, 9.17) is 4.74 Å². The van der Waals surface area contributed by atoms with Crippen molar-refractivity contribution >= 4 is 21.8 Å². The van der Waals surface area contributed by atoms with Gasteiger partial charge in [-0.1, -0.05) is 24.3 Å². The van der Waals surface area contributed by atoms with E-state index >= 15 is 0 Å². The molecule has 3 nitrogen and oxygen atoms in total. The minimum Gasteiger partial charge on any atom is -0.383 e. The second kappa shape index (κ2) is 6.51. The van der Waals surface area contributed by atoms with Crippen LogP contribution in [0, 0.1) is 0 Å². The molecule has 0 spiro atoms. The summed E-state index contributed by atoms with van der Waals surface area (Å²) >= 11 is 0. The zero-order valence-electron chi connectivity index (χ0n) is 13.6. The van der Waals surface area contributed by atoms with Crippen molar-refractivity contribution < 1.29 is 4.74 Å². The topological polar surface area (TPSA) is 26.2 Å². The minimum atomic E-state index is 0.359. The molecule has 1 aromatic heterocycles. The zero-order chi connectivity index (χ0) is 15.5. The highest BCUT2D eigenvalue weighted by Gasteiger charge is 2.09. The van der Waals surface area contributed by atoms with Crippen LogP contribution in [0.15, 0.2) is 42.5 Å². The number of methoxy groups -OCH3 is 1. The quantitative estimate of drug-likeness (QED) is 0.745. The van der Waals surface area contributed by atoms with Crippen LogP contribution in [0.4, 0.5) is 0 Å². The molecule has 1 atom stereocenters. The third kappa shape index (κ3) is 2.74. The number of hydrogen-bond acceptors (Lipinski definition) is 2. The van der Waals surface area contributed by atoms with Gasteiger partial charge in [0, 0.05) is 48.0 Å². The van der Waals surface area contributed by atoms with Gasteiger partial charge < -0.3 is 14.6 Å². The molecular weight excluding hydrogens is 272 g/mol. The lowest BCUT2D eigenvalue weighted by atomic mass is 10.1. The molecule has 2 aromatic carbocycles. The van der Waals surface area contributed by atoms with Crippen LogP contribution in [0.2, 0.25) is 0 Å². The number of ether oxygens (including phenoxy) is 1. The summed E-state index contributed by atoms with van der Waals surface area (Å²) in [5.41, 5.74) is 3.95. The monoisotopic (exact) mass is 296 g/mol. The fourth-order valence-corrected chi connectivity index (χ4v) is 3.15. The molecule has 1 N–H and O–H groups in total. The first kappa shape index (κ1) is 15.1. The van der Waals surface area contributed by atoms with Crippen molar-refractivity contribution in [2.75, 3.05) is 13.7 Å². The van der Waals surface area contributed by atoms with Gasteiger partial charge in [-0.15, -0.1) is 0 Å². The Hall–Kier alpha value is -1.84. The predicted octanol–water partition coefficient (Wildman–Crippen LogP) is 3.94. The number of aromatic nitrogens is 1. The van der Waals surface area contributed by atoms with E-state index < -0.39 is 0 Å². The Labute approximate surface area is 131 Å². The van der Waals surface area contributed by atoms with Crippen molar-refractivity contribution in [1.29, 1.82) is 0 Å². The van der Waals surface area contributed by atoms with Gasteiger partial charge in [-0.3, -0.25) is 0 Å². The molecule has 1 heterocycles. The lowest BCUT2D eigenvalue weighted by Crippen LogP contribution is -2.29. The van der Waals surface area contributed by atoms with Crippen LogP contribution in [0.25, 0.3) is 21.8 Å². The SMILES string of the molecule is CCn1c2ccccc2c2cc(CNC(C)COC)ccc21. The third-order valence-corrected chi connectivity index (χ3v) is 4.22. The van der Waals surface area contributed by atoms with Crippen molar-refractivity contribution in [2.24, 2.45) is 0 Å². The first-order valence-electron chi connectivity index (χ1n) is 7.96. The van der Waals surface area contributed by atoms with Gasteiger partial charge in [-0.2, -0.15) is 0 Å². The number of hydrogen-bond donors (Lipinski definition) is 1. The summed E-state index contributed by atoms with van der Waals surface area (Å²) in [5, 5.41) is 6.18. The maximum absolute atomic E-state index is 5.17. The first-order chi connectivity index (χ1) is 10.7. The van der Waals surface area contributed by atoms with Crippen molar-refractivity contribution in [3.63, 3.8) is 0 Å². The number of nitrogens with zero attached hydrogens (tertiary/aromatic N) is 1. The Morgan fingerprint density at radius 3 is 2.64 bits per heavy atom. The molecule has 0 saturated carbocycles. The largest absolute Gasteiger partial charge is 0.383 e. The number of para-hydroxylation sites is 1. The fraction of sp³-hybridized carbons (Fsp3) is 0.368. The van der Waals surface area contributed by atoms with E-state index in [1.54, 1.807) is 7.11 Å². The van der Waals surface area contributed by atoms with Crippen LogP contribution in [0.3, 0.4) is 0 Å². The van der Waals surface area contributed by atoms with Crippen molar-refractivity contribution in [3.8, 4) is 0 Å². The van der Waals surface area contributed by atoms with E-state index in [9.17, 15) is 0 Å². The van der Waals surface area contributed by atoms with Gasteiger partial charge in [0.05, 0.1) is 6.61 Å². The summed E-state index contributed by atoms with van der Waals surface area (Å²) in [5.74, 6) is 0. The molecule has 0 aliphatic rings. The lowest BCUT2D eigenvalue weighted by molar-refractivity contribution is 0.171. The Morgan fingerprint density at radius 1 is 1.09 bits per heavy atom. The van der Waals surface area contributed by atoms with E-state index in [0.29, 0.717) is 6.04 Å². The number of aryl methyl sites for hydroxylation is 1. The molecule has 0 aliphatic heterocycles. The second-order valence-corrected chi connectivity index (χ2v) is 5.85. The average Bonchev–Trinajstić information content (AvgIpc) is 2.86. The molecule has 3 heteroatoms. The molecule has 0 saturated heterocycles. The van der Waals surface area contributed by atoms with E-state index in [2.05, 4.69) is 66.2 Å². The van der Waals surface area contributed by atoms with Gasteiger partial charge in [0.25, 0.3) is 0 Å². The number of rotatable bonds is 6. The fourth-order valence-electron chi connectivity index (χ4n) is 3.15. The smallest absolute Gasteiger partial charge is 0.0613 e. The Kier molecular flexibility index (Phi) is 4.46. The first-order valence-corrected chi connectivity index (χ1v) is 7.96. The van der Waals surface area contributed by atoms with Gasteiger partial charge in [0.2, 0.25) is 0 Å². The second-order valence-electron chi connectivity index (χ2n) is 5.85. The predicted molar refractivity (Wildman–Crippen MR) is 93.3 cm³/mol. The Bertz CT molecular complexity index is 776. The maximum atomic E-state index is 5.17. The standard InChI is InChI=1S/C19H24N2O/c1-4-21-18-8-6-5-7-16(18)17-11-15(9-10-19(17)21)12-20-14(2)13-22-3/h5-11,14,20H,4,12-13H2,1-3H3. The zero-order valence-corrected chi connectivity index (χ0v) is 13.6. The van der Waals surface area contributed by atoms with Crippen LogP contribution >= 0.6 is 0 Å². The van der Waals surface area contributed by atoms with Crippen LogP contribution in [0.5, 0.6) is 0 Å². The van der Waals surface area contributed by atoms with Gasteiger partial charge in [-0.05, 0) is 37.6 Å². The molecule has 1 unspecified atom stereocenters. The van der Waals surface area contributed by atoms with Crippen molar-refractivity contribution in [1.82, 2.24) is 9.88 Å². The summed E-state index contributed by atoms with van der Waals surface area (Å²) in [6, 6.07) is 15.8. The van der Waals surface area contributed by atoms with E-state index in [1.165, 1.54) is 27.4 Å². The average molecular weight is 296 g/mol. The normalized spacial score (nSPS) is 13.0. The molecule has 0 radical (unpaired) electrons. The number of fused-ring (bicyclic) bond motifs is 3. The summed E-state index contributed by atoms with van der Waals surface area (Å²) in [4.78, 5) is 0. The molecule has 0 aliphatic carbocycles. The molecular formula is C19H24N2O. The van der Waals surface area contributed by atoms with Crippen LogP contribution in [0.1, 0.15) is 19.4 Å². The van der Waals surface area contributed by atoms with Crippen LogP contribution in [-0.4, -0.2) is 24.3 Å². The Balaban J connectivity index is 1.97. The van der Waals surface area contributed by atoms with E-state index in [-0.39, 0.29) is 0 Å². The third-order valence-electron chi connectivity index (χ3n) is 4.22. The van der Waals surface area contributed by atoms with E-state index in [0.717, 1.165) is 19.7 Å². The summed E-state index contributed by atoms with van der Waals surface area (Å²) < 4.78 is 7.56. The van der Waals surface area contributed by atoms with Gasteiger partial charge in [-0.25, -0.2) is 0 Å². The molecule has 3 rings (SSSR count). The minimum absolute atomic E-state index is 0.359. The van der Waals surface area contributed by atoms with Gasteiger partial charge in [0.1, 0.15) is 0 Å². The van der Waals surface area contributed by atoms with Crippen molar-refractivity contribution in [3.05, 3.63) is 48.0 Å². The summed E-state index contributed by atoms with van der Waals surface area (Å²) in [6.07, 6.45) is 0. The van der Waals surface area contributed by atoms with Crippen LogP contribution in [-0.2, 0) is 17.8 Å².